The van der Waals surface area contributed by atoms with E-state index in [1.54, 1.807) is 19.1 Å². The summed E-state index contributed by atoms with van der Waals surface area (Å²) in [7, 11) is 0. The highest BCUT2D eigenvalue weighted by Crippen LogP contribution is 2.35. The Morgan fingerprint density at radius 2 is 2.17 bits per heavy atom. The molecule has 98 valence electrons. The van der Waals surface area contributed by atoms with Crippen molar-refractivity contribution < 1.29 is 17.6 Å². The fourth-order valence-corrected chi connectivity index (χ4v) is 2.32. The minimum Gasteiger partial charge on any atom is -0.464 e. The molecule has 0 aromatic carbocycles. The van der Waals surface area contributed by atoms with Gasteiger partial charge in [-0.25, -0.2) is 10.4 Å². The van der Waals surface area contributed by atoms with Gasteiger partial charge in [-0.3, -0.25) is 5.84 Å². The first-order valence-electron chi connectivity index (χ1n) is 4.97. The van der Waals surface area contributed by atoms with Gasteiger partial charge in [0, 0.05) is 6.20 Å². The van der Waals surface area contributed by atoms with E-state index in [1.807, 2.05) is 0 Å². The van der Waals surface area contributed by atoms with Gasteiger partial charge in [-0.15, -0.1) is 11.3 Å². The quantitative estimate of drug-likeness (QED) is 0.668. The van der Waals surface area contributed by atoms with E-state index >= 15 is 0 Å². The maximum atomic E-state index is 12.4. The van der Waals surface area contributed by atoms with E-state index in [9.17, 15) is 13.2 Å². The molecule has 0 radical (unpaired) electrons. The zero-order valence-electron chi connectivity index (χ0n) is 9.28. The first-order valence-corrected chi connectivity index (χ1v) is 5.79. The summed E-state index contributed by atoms with van der Waals surface area (Å²) in [6.07, 6.45) is -3.29. The number of nitrogens with one attached hydrogen (secondary N) is 1. The lowest BCUT2D eigenvalue weighted by molar-refractivity contribution is -0.137. The highest BCUT2D eigenvalue weighted by Gasteiger charge is 2.35. The lowest BCUT2D eigenvalue weighted by Crippen LogP contribution is -2.27. The maximum Gasteiger partial charge on any atom is 0.443 e. The number of rotatable bonds is 3. The third-order valence-corrected chi connectivity index (χ3v) is 3.37. The summed E-state index contributed by atoms with van der Waals surface area (Å²) < 4.78 is 42.7. The SMILES string of the molecule is Cc1ccc(C(NN)c2cnc(C(F)(F)F)s2)o1. The number of hydrazine groups is 1. The highest BCUT2D eigenvalue weighted by atomic mass is 32.1. The molecule has 0 saturated heterocycles. The fourth-order valence-electron chi connectivity index (χ4n) is 1.46. The third-order valence-electron chi connectivity index (χ3n) is 2.26. The second-order valence-corrected chi connectivity index (χ2v) is 4.68. The number of nitrogens with two attached hydrogens (primary N) is 1. The zero-order chi connectivity index (χ0) is 13.3. The number of halogens is 3. The first-order chi connectivity index (χ1) is 8.41. The van der Waals surface area contributed by atoms with Crippen molar-refractivity contribution in [2.24, 2.45) is 5.84 Å². The van der Waals surface area contributed by atoms with Crippen LogP contribution in [0.2, 0.25) is 0 Å². The van der Waals surface area contributed by atoms with Gasteiger partial charge < -0.3 is 4.42 Å². The molecule has 2 aromatic heterocycles. The number of furan rings is 1. The summed E-state index contributed by atoms with van der Waals surface area (Å²) >= 11 is 0.538. The van der Waals surface area contributed by atoms with Gasteiger partial charge in [0.1, 0.15) is 17.6 Å². The number of alkyl halides is 3. The van der Waals surface area contributed by atoms with Gasteiger partial charge in [-0.05, 0) is 19.1 Å². The normalized spacial score (nSPS) is 13.8. The highest BCUT2D eigenvalue weighted by molar-refractivity contribution is 7.11. The van der Waals surface area contributed by atoms with Gasteiger partial charge in [0.05, 0.1) is 4.88 Å². The Bertz CT molecular complexity index is 534. The molecule has 2 aromatic rings. The van der Waals surface area contributed by atoms with Crippen molar-refractivity contribution in [1.29, 1.82) is 0 Å². The number of aromatic nitrogens is 1. The second-order valence-electron chi connectivity index (χ2n) is 3.61. The van der Waals surface area contributed by atoms with E-state index in [1.165, 1.54) is 0 Å². The first kappa shape index (κ1) is 13.1. The van der Waals surface area contributed by atoms with Crippen LogP contribution in [0.4, 0.5) is 13.2 Å². The predicted molar refractivity (Wildman–Crippen MR) is 59.7 cm³/mol. The number of hydrogen-bond acceptors (Lipinski definition) is 5. The third kappa shape index (κ3) is 2.55. The molecule has 18 heavy (non-hydrogen) atoms. The Balaban J connectivity index is 2.31. The van der Waals surface area contributed by atoms with E-state index in [2.05, 4.69) is 10.4 Å². The van der Waals surface area contributed by atoms with Gasteiger partial charge in [0.15, 0.2) is 5.01 Å². The van der Waals surface area contributed by atoms with Crippen molar-refractivity contribution in [3.63, 3.8) is 0 Å². The summed E-state index contributed by atoms with van der Waals surface area (Å²) in [6, 6.07) is 2.74. The van der Waals surface area contributed by atoms with Crippen LogP contribution in [-0.4, -0.2) is 4.98 Å². The maximum absolute atomic E-state index is 12.4. The molecule has 2 heterocycles. The number of hydrogen-bond donors (Lipinski definition) is 2. The number of nitrogens with zero attached hydrogens (tertiary/aromatic N) is 1. The van der Waals surface area contributed by atoms with Crippen molar-refractivity contribution in [3.05, 3.63) is 39.7 Å². The van der Waals surface area contributed by atoms with Gasteiger partial charge in [0.2, 0.25) is 0 Å². The van der Waals surface area contributed by atoms with Crippen molar-refractivity contribution in [1.82, 2.24) is 10.4 Å². The summed E-state index contributed by atoms with van der Waals surface area (Å²) in [5.41, 5.74) is 2.42. The predicted octanol–water partition coefficient (Wildman–Crippen LogP) is 2.62. The Morgan fingerprint density at radius 1 is 1.44 bits per heavy atom. The zero-order valence-corrected chi connectivity index (χ0v) is 10.1. The molecule has 3 N–H and O–H groups in total. The molecule has 0 amide bonds. The topological polar surface area (TPSA) is 64.1 Å². The van der Waals surface area contributed by atoms with Crippen LogP contribution in [0.25, 0.3) is 0 Å². The van der Waals surface area contributed by atoms with Crippen molar-refractivity contribution in [2.75, 3.05) is 0 Å². The van der Waals surface area contributed by atoms with E-state index in [0.717, 1.165) is 6.20 Å². The molecular formula is C10H10F3N3OS. The van der Waals surface area contributed by atoms with Gasteiger partial charge in [-0.2, -0.15) is 13.2 Å². The molecule has 0 fully saturated rings. The van der Waals surface area contributed by atoms with Crippen LogP contribution in [0.5, 0.6) is 0 Å². The molecule has 1 atom stereocenters. The van der Waals surface area contributed by atoms with Crippen LogP contribution >= 0.6 is 11.3 Å². The van der Waals surface area contributed by atoms with Crippen LogP contribution in [0.1, 0.15) is 27.4 Å². The van der Waals surface area contributed by atoms with Crippen molar-refractivity contribution in [3.8, 4) is 0 Å². The largest absolute Gasteiger partial charge is 0.464 e. The molecule has 0 aliphatic rings. The Morgan fingerprint density at radius 3 is 2.61 bits per heavy atom. The average Bonchev–Trinajstić information content (AvgIpc) is 2.88. The molecule has 0 aliphatic carbocycles. The van der Waals surface area contributed by atoms with E-state index in [-0.39, 0.29) is 0 Å². The van der Waals surface area contributed by atoms with Gasteiger partial charge in [-0.1, -0.05) is 0 Å². The minimum absolute atomic E-state index is 0.346. The fraction of sp³-hybridized carbons (Fsp3) is 0.300. The summed E-state index contributed by atoms with van der Waals surface area (Å²) in [4.78, 5) is 3.69. The Labute approximate surface area is 105 Å². The molecule has 8 heteroatoms. The van der Waals surface area contributed by atoms with Gasteiger partial charge in [0.25, 0.3) is 0 Å². The van der Waals surface area contributed by atoms with Crippen molar-refractivity contribution >= 4 is 11.3 Å². The average molecular weight is 277 g/mol. The van der Waals surface area contributed by atoms with Gasteiger partial charge >= 0.3 is 6.18 Å². The van der Waals surface area contributed by atoms with E-state index in [0.29, 0.717) is 27.7 Å². The summed E-state index contributed by atoms with van der Waals surface area (Å²) in [5, 5.41) is -0.902. The molecule has 2 rings (SSSR count). The van der Waals surface area contributed by atoms with Crippen LogP contribution in [-0.2, 0) is 6.18 Å². The van der Waals surface area contributed by atoms with E-state index in [4.69, 9.17) is 10.3 Å². The summed E-state index contributed by atoms with van der Waals surface area (Å²) in [6.45, 7) is 1.74. The Kier molecular flexibility index (Phi) is 3.42. The summed E-state index contributed by atoms with van der Waals surface area (Å²) in [5.74, 6) is 6.46. The van der Waals surface area contributed by atoms with Crippen LogP contribution in [0.15, 0.2) is 22.7 Å². The molecule has 0 aliphatic heterocycles. The lowest BCUT2D eigenvalue weighted by Gasteiger charge is -2.10. The monoisotopic (exact) mass is 277 g/mol. The molecule has 0 bridgehead atoms. The van der Waals surface area contributed by atoms with Crippen molar-refractivity contribution in [2.45, 2.75) is 19.1 Å². The molecule has 0 spiro atoms. The minimum atomic E-state index is -4.44. The number of aryl methyl sites for hydroxylation is 1. The lowest BCUT2D eigenvalue weighted by atomic mass is 10.2. The van der Waals surface area contributed by atoms with Crippen LogP contribution < -0.4 is 11.3 Å². The molecular weight excluding hydrogens is 267 g/mol. The molecule has 4 nitrogen and oxygen atoms in total. The van der Waals surface area contributed by atoms with Crippen LogP contribution in [0.3, 0.4) is 0 Å². The van der Waals surface area contributed by atoms with E-state index < -0.39 is 17.2 Å². The second kappa shape index (κ2) is 4.71. The smallest absolute Gasteiger partial charge is 0.443 e. The standard InChI is InChI=1S/C10H10F3N3OS/c1-5-2-3-6(17-5)8(16-14)7-4-15-9(18-7)10(11,12)13/h2-4,8,16H,14H2,1H3. The van der Waals surface area contributed by atoms with Crippen LogP contribution in [0, 0.1) is 6.92 Å². The molecule has 0 saturated carbocycles. The Hall–Kier alpha value is -1.38. The molecule has 1 unspecified atom stereocenters. The number of thiazole rings is 1.